The zero-order valence-corrected chi connectivity index (χ0v) is 20.8. The average molecular weight is 532 g/mol. The summed E-state index contributed by atoms with van der Waals surface area (Å²) in [5.41, 5.74) is 2.68. The van der Waals surface area contributed by atoms with Crippen LogP contribution in [0.15, 0.2) is 125 Å². The third-order valence-corrected chi connectivity index (χ3v) is 7.90. The molecule has 1 aliphatic rings. The van der Waals surface area contributed by atoms with Crippen molar-refractivity contribution in [1.29, 1.82) is 0 Å². The van der Waals surface area contributed by atoms with Gasteiger partial charge in [-0.25, -0.2) is 4.84 Å². The van der Waals surface area contributed by atoms with E-state index in [0.29, 0.717) is 5.70 Å². The largest absolute Gasteiger partial charge is 0.286 e. The molecule has 0 amide bonds. The highest BCUT2D eigenvalue weighted by Crippen LogP contribution is 2.47. The highest BCUT2D eigenvalue weighted by atomic mass is 79.9. The molecule has 0 radical (unpaired) electrons. The van der Waals surface area contributed by atoms with Crippen LogP contribution >= 0.6 is 15.9 Å². The van der Waals surface area contributed by atoms with E-state index in [1.165, 1.54) is 0 Å². The van der Waals surface area contributed by atoms with Crippen molar-refractivity contribution in [3.8, 4) is 0 Å². The van der Waals surface area contributed by atoms with Crippen LogP contribution in [0.1, 0.15) is 22.3 Å². The Morgan fingerprint density at radius 3 is 1.91 bits per heavy atom. The lowest BCUT2D eigenvalue weighted by Crippen LogP contribution is -2.34. The van der Waals surface area contributed by atoms with Crippen LogP contribution < -0.4 is 0 Å². The number of sulfonamides is 1. The molecule has 0 spiro atoms. The van der Waals surface area contributed by atoms with Gasteiger partial charge in [0.05, 0.1) is 10.6 Å². The van der Waals surface area contributed by atoms with Crippen molar-refractivity contribution in [1.82, 2.24) is 4.47 Å². The van der Waals surface area contributed by atoms with E-state index in [2.05, 4.69) is 15.9 Å². The number of aryl methyl sites for hydroxylation is 1. The number of hydrogen-bond donors (Lipinski definition) is 0. The smallest absolute Gasteiger partial charge is 0.238 e. The summed E-state index contributed by atoms with van der Waals surface area (Å²) in [5.74, 6) is 0. The van der Waals surface area contributed by atoms with Crippen LogP contribution in [0.5, 0.6) is 0 Å². The molecular weight excluding hydrogens is 510 g/mol. The monoisotopic (exact) mass is 531 g/mol. The number of rotatable bonds is 5. The molecule has 0 saturated heterocycles. The maximum atomic E-state index is 13.9. The number of halogens is 1. The molecule has 0 aromatic heterocycles. The summed E-state index contributed by atoms with van der Waals surface area (Å²) in [6.45, 7) is 1.92. The second kappa shape index (κ2) is 8.87. The van der Waals surface area contributed by atoms with Gasteiger partial charge in [0, 0.05) is 10.0 Å². The van der Waals surface area contributed by atoms with Gasteiger partial charge >= 0.3 is 0 Å². The molecule has 6 heteroatoms. The maximum absolute atomic E-state index is 13.9. The van der Waals surface area contributed by atoms with Crippen LogP contribution in [0.25, 0.3) is 5.70 Å². The molecule has 0 aliphatic carbocycles. The van der Waals surface area contributed by atoms with Gasteiger partial charge in [-0.05, 0) is 48.4 Å². The molecule has 0 N–H and O–H groups in total. The quantitative estimate of drug-likeness (QED) is 0.288. The fraction of sp³-hybridized carbons (Fsp3) is 0.0714. The first-order valence-electron chi connectivity index (χ1n) is 10.8. The van der Waals surface area contributed by atoms with Crippen LogP contribution in [-0.4, -0.2) is 12.9 Å². The Bertz CT molecular complexity index is 1410. The molecule has 0 bridgehead atoms. The van der Waals surface area contributed by atoms with Gasteiger partial charge in [-0.3, -0.25) is 0 Å². The van der Waals surface area contributed by atoms with Crippen LogP contribution in [0, 0.1) is 6.92 Å². The molecule has 0 fully saturated rings. The molecule has 34 heavy (non-hydrogen) atoms. The van der Waals surface area contributed by atoms with Crippen LogP contribution in [0.4, 0.5) is 0 Å². The zero-order chi connectivity index (χ0) is 23.8. The molecule has 170 valence electrons. The summed E-state index contributed by atoms with van der Waals surface area (Å²) in [7, 11) is -4.03. The molecule has 0 atom stereocenters. The predicted octanol–water partition coefficient (Wildman–Crippen LogP) is 6.68. The first kappa shape index (κ1) is 22.6. The van der Waals surface area contributed by atoms with Crippen molar-refractivity contribution in [2.75, 3.05) is 0 Å². The first-order chi connectivity index (χ1) is 16.4. The van der Waals surface area contributed by atoms with Crippen molar-refractivity contribution in [2.45, 2.75) is 17.4 Å². The van der Waals surface area contributed by atoms with Gasteiger partial charge in [-0.2, -0.15) is 8.42 Å². The second-order valence-corrected chi connectivity index (χ2v) is 10.8. The molecule has 1 heterocycles. The van der Waals surface area contributed by atoms with Gasteiger partial charge in [0.15, 0.2) is 5.60 Å². The molecule has 0 saturated carbocycles. The summed E-state index contributed by atoms with van der Waals surface area (Å²) >= 11 is 3.51. The number of benzene rings is 4. The third-order valence-electron chi connectivity index (χ3n) is 5.83. The lowest BCUT2D eigenvalue weighted by Gasteiger charge is -2.30. The summed E-state index contributed by atoms with van der Waals surface area (Å²) in [4.78, 5) is 6.68. The second-order valence-electron chi connectivity index (χ2n) is 8.14. The Labute approximate surface area is 208 Å². The zero-order valence-electron chi connectivity index (χ0n) is 18.4. The van der Waals surface area contributed by atoms with Crippen molar-refractivity contribution in [3.05, 3.63) is 142 Å². The number of hydroxylamine groups is 1. The maximum Gasteiger partial charge on any atom is 0.286 e. The first-order valence-corrected chi connectivity index (χ1v) is 13.0. The van der Waals surface area contributed by atoms with Gasteiger partial charge in [0.1, 0.15) is 0 Å². The Morgan fingerprint density at radius 2 is 1.35 bits per heavy atom. The summed E-state index contributed by atoms with van der Waals surface area (Å²) < 4.78 is 29.7. The van der Waals surface area contributed by atoms with Crippen molar-refractivity contribution in [3.63, 3.8) is 0 Å². The van der Waals surface area contributed by atoms with E-state index in [0.717, 1.165) is 31.2 Å². The van der Waals surface area contributed by atoms with E-state index in [1.54, 1.807) is 24.3 Å². The number of nitrogens with zero attached hydrogens (tertiary/aromatic N) is 1. The van der Waals surface area contributed by atoms with Gasteiger partial charge < -0.3 is 0 Å². The highest BCUT2D eigenvalue weighted by Gasteiger charge is 2.47. The van der Waals surface area contributed by atoms with Crippen LogP contribution in [-0.2, 0) is 20.5 Å². The van der Waals surface area contributed by atoms with E-state index >= 15 is 0 Å². The molecule has 5 rings (SSSR count). The fourth-order valence-corrected chi connectivity index (χ4v) is 5.79. The molecule has 4 aromatic carbocycles. The lowest BCUT2D eigenvalue weighted by molar-refractivity contribution is -0.102. The summed E-state index contributed by atoms with van der Waals surface area (Å²) in [6, 6.07) is 33.7. The van der Waals surface area contributed by atoms with Gasteiger partial charge in [-0.15, -0.1) is 4.47 Å². The Kier molecular flexibility index (Phi) is 5.90. The SMILES string of the molecule is Cc1ccc(S(=O)(=O)N2OC(c3ccccc3)(c3ccccc3)C=C2c2cccc(Br)c2)cc1. The highest BCUT2D eigenvalue weighted by molar-refractivity contribution is 9.10. The summed E-state index contributed by atoms with van der Waals surface area (Å²) in [6.07, 6.45) is 1.89. The van der Waals surface area contributed by atoms with Gasteiger partial charge in [0.2, 0.25) is 0 Å². The molecule has 4 aromatic rings. The Balaban J connectivity index is 1.76. The molecule has 1 aliphatic heterocycles. The third kappa shape index (κ3) is 3.98. The Morgan fingerprint density at radius 1 is 0.765 bits per heavy atom. The lowest BCUT2D eigenvalue weighted by atomic mass is 9.85. The van der Waals surface area contributed by atoms with E-state index < -0.39 is 15.6 Å². The Hall–Kier alpha value is -3.19. The van der Waals surface area contributed by atoms with Crippen molar-refractivity contribution < 1.29 is 13.3 Å². The average Bonchev–Trinajstić information content (AvgIpc) is 3.29. The van der Waals surface area contributed by atoms with E-state index in [1.807, 2.05) is 97.9 Å². The van der Waals surface area contributed by atoms with Crippen LogP contribution in [0.3, 0.4) is 0 Å². The fourth-order valence-electron chi connectivity index (χ4n) is 4.08. The summed E-state index contributed by atoms with van der Waals surface area (Å²) in [5, 5.41) is 0. The van der Waals surface area contributed by atoms with Crippen molar-refractivity contribution >= 4 is 31.7 Å². The van der Waals surface area contributed by atoms with E-state index in [-0.39, 0.29) is 4.90 Å². The minimum Gasteiger partial charge on any atom is -0.238 e. The molecular formula is C28H22BrNO3S. The van der Waals surface area contributed by atoms with Gasteiger partial charge in [-0.1, -0.05) is 106 Å². The standard InChI is InChI=1S/C28H22BrNO3S/c1-21-15-17-26(18-16-21)34(31,32)30-27(22-9-8-14-25(29)19-22)20-28(33-30,23-10-4-2-5-11-23)24-12-6-3-7-13-24/h2-20H,1H3. The van der Waals surface area contributed by atoms with E-state index in [4.69, 9.17) is 4.84 Å². The predicted molar refractivity (Wildman–Crippen MR) is 137 cm³/mol. The van der Waals surface area contributed by atoms with E-state index in [9.17, 15) is 8.42 Å². The molecule has 4 nitrogen and oxygen atoms in total. The van der Waals surface area contributed by atoms with Crippen molar-refractivity contribution in [2.24, 2.45) is 0 Å². The normalized spacial score (nSPS) is 15.2. The van der Waals surface area contributed by atoms with Gasteiger partial charge in [0.25, 0.3) is 10.0 Å². The minimum absolute atomic E-state index is 0.163. The molecule has 0 unspecified atom stereocenters. The topological polar surface area (TPSA) is 46.6 Å². The van der Waals surface area contributed by atoms with Crippen LogP contribution in [0.2, 0.25) is 0 Å². The minimum atomic E-state index is -4.03. The number of hydrogen-bond acceptors (Lipinski definition) is 3.